The predicted octanol–water partition coefficient (Wildman–Crippen LogP) is 3.60. The Kier molecular flexibility index (Phi) is 4.70. The lowest BCUT2D eigenvalue weighted by molar-refractivity contribution is -0.384. The lowest BCUT2D eigenvalue weighted by atomic mass is 10.2. The molecule has 2 aromatic carbocycles. The zero-order valence-electron chi connectivity index (χ0n) is 10.8. The van der Waals surface area contributed by atoms with Crippen LogP contribution in [0.15, 0.2) is 52.3 Å². The van der Waals surface area contributed by atoms with Gasteiger partial charge in [0.05, 0.1) is 4.92 Å². The molecule has 0 bridgehead atoms. The minimum absolute atomic E-state index is 0.0458. The van der Waals surface area contributed by atoms with Crippen molar-refractivity contribution in [2.45, 2.75) is 16.3 Å². The quantitative estimate of drug-likeness (QED) is 0.675. The van der Waals surface area contributed by atoms with E-state index < -0.39 is 4.92 Å². The van der Waals surface area contributed by atoms with Gasteiger partial charge < -0.3 is 5.32 Å². The fourth-order valence-electron chi connectivity index (χ4n) is 1.76. The van der Waals surface area contributed by atoms with Crippen LogP contribution in [-0.4, -0.2) is 12.0 Å². The molecule has 0 radical (unpaired) electrons. The van der Waals surface area contributed by atoms with Gasteiger partial charge in [-0.25, -0.2) is 4.39 Å². The first kappa shape index (κ1) is 14.5. The van der Waals surface area contributed by atoms with Gasteiger partial charge in [0.25, 0.3) is 5.69 Å². The molecule has 0 heterocycles. The van der Waals surface area contributed by atoms with Gasteiger partial charge >= 0.3 is 0 Å². The van der Waals surface area contributed by atoms with E-state index in [0.717, 1.165) is 15.4 Å². The molecular formula is C14H13FN2O2S. The maximum absolute atomic E-state index is 13.5. The summed E-state index contributed by atoms with van der Waals surface area (Å²) in [4.78, 5) is 11.7. The molecule has 0 aliphatic heterocycles. The molecule has 0 amide bonds. The normalized spacial score (nSPS) is 10.5. The number of nitrogens with zero attached hydrogens (tertiary/aromatic N) is 1. The second-order valence-corrected chi connectivity index (χ2v) is 5.33. The third-order valence-electron chi connectivity index (χ3n) is 2.60. The van der Waals surface area contributed by atoms with Crippen molar-refractivity contribution >= 4 is 17.4 Å². The van der Waals surface area contributed by atoms with E-state index >= 15 is 0 Å². The van der Waals surface area contributed by atoms with Crippen LogP contribution in [-0.2, 0) is 6.54 Å². The molecule has 2 rings (SSSR count). The summed E-state index contributed by atoms with van der Waals surface area (Å²) < 4.78 is 13.5. The first-order valence-corrected chi connectivity index (χ1v) is 6.76. The van der Waals surface area contributed by atoms with Crippen LogP contribution in [0.25, 0.3) is 0 Å². The van der Waals surface area contributed by atoms with Gasteiger partial charge in [-0.1, -0.05) is 11.8 Å². The Morgan fingerprint density at radius 1 is 1.20 bits per heavy atom. The maximum atomic E-state index is 13.5. The molecule has 4 nitrogen and oxygen atoms in total. The third-order valence-corrected chi connectivity index (χ3v) is 3.57. The Morgan fingerprint density at radius 3 is 2.50 bits per heavy atom. The van der Waals surface area contributed by atoms with Crippen molar-refractivity contribution in [1.82, 2.24) is 5.32 Å². The molecule has 6 heteroatoms. The van der Waals surface area contributed by atoms with E-state index in [9.17, 15) is 14.5 Å². The molecule has 0 unspecified atom stereocenters. The van der Waals surface area contributed by atoms with E-state index in [1.807, 2.05) is 6.07 Å². The predicted molar refractivity (Wildman–Crippen MR) is 76.4 cm³/mol. The fourth-order valence-corrected chi connectivity index (χ4v) is 2.68. The van der Waals surface area contributed by atoms with Crippen LogP contribution >= 0.6 is 11.8 Å². The molecule has 0 fully saturated rings. The highest BCUT2D eigenvalue weighted by molar-refractivity contribution is 7.99. The zero-order valence-corrected chi connectivity index (χ0v) is 11.6. The van der Waals surface area contributed by atoms with Gasteiger partial charge in [0.1, 0.15) is 5.82 Å². The van der Waals surface area contributed by atoms with E-state index in [4.69, 9.17) is 0 Å². The number of nitrogens with one attached hydrogen (secondary N) is 1. The molecule has 20 heavy (non-hydrogen) atoms. The number of hydrogen-bond donors (Lipinski definition) is 1. The lowest BCUT2D eigenvalue weighted by Gasteiger charge is -2.06. The third kappa shape index (κ3) is 3.79. The van der Waals surface area contributed by atoms with Crippen LogP contribution in [0.3, 0.4) is 0 Å². The SMILES string of the molecule is CNCc1cc(F)cc(Sc2ccc([N+](=O)[O-])cc2)c1. The summed E-state index contributed by atoms with van der Waals surface area (Å²) in [6, 6.07) is 11.0. The van der Waals surface area contributed by atoms with Crippen LogP contribution < -0.4 is 5.32 Å². The van der Waals surface area contributed by atoms with E-state index in [0.29, 0.717) is 6.54 Å². The highest BCUT2D eigenvalue weighted by Crippen LogP contribution is 2.30. The highest BCUT2D eigenvalue weighted by atomic mass is 32.2. The monoisotopic (exact) mass is 292 g/mol. The summed E-state index contributed by atoms with van der Waals surface area (Å²) in [5.41, 5.74) is 0.904. The van der Waals surface area contributed by atoms with Crippen LogP contribution in [0.5, 0.6) is 0 Å². The van der Waals surface area contributed by atoms with Gasteiger partial charge in [0.2, 0.25) is 0 Å². The Morgan fingerprint density at radius 2 is 1.90 bits per heavy atom. The number of rotatable bonds is 5. The molecule has 0 saturated heterocycles. The molecule has 0 aliphatic carbocycles. The van der Waals surface area contributed by atoms with Crippen LogP contribution in [0.1, 0.15) is 5.56 Å². The summed E-state index contributed by atoms with van der Waals surface area (Å²) in [6.45, 7) is 0.589. The molecular weight excluding hydrogens is 279 g/mol. The van der Waals surface area contributed by atoms with Crippen molar-refractivity contribution in [3.8, 4) is 0 Å². The van der Waals surface area contributed by atoms with Gasteiger partial charge in [-0.2, -0.15) is 0 Å². The van der Waals surface area contributed by atoms with Crippen molar-refractivity contribution < 1.29 is 9.31 Å². The molecule has 0 aliphatic rings. The van der Waals surface area contributed by atoms with E-state index in [1.165, 1.54) is 36.0 Å². The minimum Gasteiger partial charge on any atom is -0.316 e. The average Bonchev–Trinajstić information content (AvgIpc) is 2.39. The number of nitro groups is 1. The first-order chi connectivity index (χ1) is 9.58. The molecule has 0 aromatic heterocycles. The topological polar surface area (TPSA) is 55.2 Å². The number of hydrogen-bond acceptors (Lipinski definition) is 4. The van der Waals surface area contributed by atoms with Gasteiger partial charge in [0.15, 0.2) is 0 Å². The molecule has 0 atom stereocenters. The van der Waals surface area contributed by atoms with E-state index in [-0.39, 0.29) is 11.5 Å². The summed E-state index contributed by atoms with van der Waals surface area (Å²) >= 11 is 1.37. The van der Waals surface area contributed by atoms with Crippen LogP contribution in [0, 0.1) is 15.9 Å². The summed E-state index contributed by atoms with van der Waals surface area (Å²) in [7, 11) is 1.80. The van der Waals surface area contributed by atoms with Gasteiger partial charge in [-0.3, -0.25) is 10.1 Å². The lowest BCUT2D eigenvalue weighted by Crippen LogP contribution is -2.05. The average molecular weight is 292 g/mol. The van der Waals surface area contributed by atoms with Crippen molar-refractivity contribution in [3.05, 3.63) is 64.0 Å². The minimum atomic E-state index is -0.443. The second-order valence-electron chi connectivity index (χ2n) is 4.18. The van der Waals surface area contributed by atoms with E-state index in [2.05, 4.69) is 5.32 Å². The van der Waals surface area contributed by atoms with Crippen molar-refractivity contribution in [1.29, 1.82) is 0 Å². The van der Waals surface area contributed by atoms with Crippen molar-refractivity contribution in [2.24, 2.45) is 0 Å². The molecule has 104 valence electrons. The molecule has 0 saturated carbocycles. The maximum Gasteiger partial charge on any atom is 0.269 e. The van der Waals surface area contributed by atoms with Crippen molar-refractivity contribution in [2.75, 3.05) is 7.05 Å². The summed E-state index contributed by atoms with van der Waals surface area (Å²) in [5, 5.41) is 13.5. The van der Waals surface area contributed by atoms with Gasteiger partial charge in [0, 0.05) is 28.5 Å². The number of non-ortho nitro benzene ring substituents is 1. The van der Waals surface area contributed by atoms with Gasteiger partial charge in [-0.15, -0.1) is 0 Å². The molecule has 1 N–H and O–H groups in total. The summed E-state index contributed by atoms with van der Waals surface area (Å²) in [5.74, 6) is -0.290. The fraction of sp³-hybridized carbons (Fsp3) is 0.143. The smallest absolute Gasteiger partial charge is 0.269 e. The number of nitro benzene ring substituents is 1. The number of halogens is 1. The number of benzene rings is 2. The van der Waals surface area contributed by atoms with E-state index in [1.54, 1.807) is 19.2 Å². The van der Waals surface area contributed by atoms with Crippen LogP contribution in [0.4, 0.5) is 10.1 Å². The van der Waals surface area contributed by atoms with Crippen LogP contribution in [0.2, 0.25) is 0 Å². The first-order valence-electron chi connectivity index (χ1n) is 5.95. The Labute approximate surface area is 120 Å². The Hall–Kier alpha value is -1.92. The molecule has 2 aromatic rings. The standard InChI is InChI=1S/C14H13FN2O2S/c1-16-9-10-6-11(15)8-14(7-10)20-13-4-2-12(3-5-13)17(18)19/h2-8,16H,9H2,1H3. The highest BCUT2D eigenvalue weighted by Gasteiger charge is 2.06. The Balaban J connectivity index is 2.18. The zero-order chi connectivity index (χ0) is 14.5. The summed E-state index contributed by atoms with van der Waals surface area (Å²) in [6.07, 6.45) is 0. The largest absolute Gasteiger partial charge is 0.316 e. The molecule has 0 spiro atoms. The second kappa shape index (κ2) is 6.49. The van der Waals surface area contributed by atoms with Crippen molar-refractivity contribution in [3.63, 3.8) is 0 Å². The van der Waals surface area contributed by atoms with Gasteiger partial charge in [-0.05, 0) is 42.9 Å². The Bertz CT molecular complexity index is 617.